The lowest BCUT2D eigenvalue weighted by Crippen LogP contribution is -2.30. The van der Waals surface area contributed by atoms with E-state index in [-0.39, 0.29) is 11.7 Å². The Morgan fingerprint density at radius 1 is 1.33 bits per heavy atom. The van der Waals surface area contributed by atoms with Crippen molar-refractivity contribution in [2.24, 2.45) is 0 Å². The zero-order chi connectivity index (χ0) is 18.8. The minimum Gasteiger partial charge on any atom is -0.371 e. The average molecular weight is 389 g/mol. The number of carbonyl (C=O) groups is 1. The number of hydrogen-bond acceptors (Lipinski definition) is 5. The van der Waals surface area contributed by atoms with Crippen LogP contribution in [0.4, 0.5) is 15.2 Å². The molecule has 4 rings (SSSR count). The van der Waals surface area contributed by atoms with Gasteiger partial charge in [0.1, 0.15) is 5.82 Å². The van der Waals surface area contributed by atoms with Gasteiger partial charge in [0.2, 0.25) is 5.91 Å². The first-order chi connectivity index (χ1) is 13.1. The quantitative estimate of drug-likeness (QED) is 0.786. The third-order valence-electron chi connectivity index (χ3n) is 5.15. The molecule has 1 saturated carbocycles. The maximum Gasteiger partial charge on any atom is 0.225 e. The van der Waals surface area contributed by atoms with Crippen LogP contribution in [0.25, 0.3) is 0 Å². The molecule has 1 saturated heterocycles. The van der Waals surface area contributed by atoms with Crippen LogP contribution in [0.15, 0.2) is 23.6 Å². The molecule has 7 heteroatoms. The third kappa shape index (κ3) is 4.14. The summed E-state index contributed by atoms with van der Waals surface area (Å²) in [5.74, 6) is -0.115. The molecule has 1 aromatic carbocycles. The molecule has 0 bridgehead atoms. The van der Waals surface area contributed by atoms with Gasteiger partial charge in [0.05, 0.1) is 5.69 Å². The van der Waals surface area contributed by atoms with Crippen molar-refractivity contribution in [3.8, 4) is 0 Å². The predicted molar refractivity (Wildman–Crippen MR) is 107 cm³/mol. The molecule has 5 nitrogen and oxygen atoms in total. The molecule has 0 unspecified atom stereocenters. The van der Waals surface area contributed by atoms with E-state index in [1.807, 2.05) is 11.4 Å². The lowest BCUT2D eigenvalue weighted by Gasteiger charge is -2.22. The number of benzene rings is 1. The van der Waals surface area contributed by atoms with E-state index in [4.69, 9.17) is 0 Å². The van der Waals surface area contributed by atoms with Gasteiger partial charge in [-0.15, -0.1) is 11.3 Å². The summed E-state index contributed by atoms with van der Waals surface area (Å²) in [6, 6.07) is 5.63. The van der Waals surface area contributed by atoms with Crippen molar-refractivity contribution < 1.29 is 9.18 Å². The van der Waals surface area contributed by atoms with Crippen molar-refractivity contribution in [2.75, 3.05) is 22.9 Å². The minimum absolute atomic E-state index is 0.0490. The number of hydrogen-bond donors (Lipinski definition) is 1. The topological polar surface area (TPSA) is 48.5 Å². The SMILES string of the molecule is CC(=O)N(c1nc(CNCc2c(F)cccc2N2CCCC2)cs1)C1CC1. The molecular weight excluding hydrogens is 363 g/mol. The summed E-state index contributed by atoms with van der Waals surface area (Å²) in [6.45, 7) is 4.60. The lowest BCUT2D eigenvalue weighted by atomic mass is 10.1. The van der Waals surface area contributed by atoms with Gasteiger partial charge in [-0.25, -0.2) is 9.37 Å². The van der Waals surface area contributed by atoms with Crippen molar-refractivity contribution in [1.82, 2.24) is 10.3 Å². The molecule has 0 spiro atoms. The van der Waals surface area contributed by atoms with E-state index < -0.39 is 0 Å². The number of nitrogens with one attached hydrogen (secondary N) is 1. The molecule has 144 valence electrons. The maximum atomic E-state index is 14.4. The van der Waals surface area contributed by atoms with Gasteiger partial charge in [-0.1, -0.05) is 6.07 Å². The van der Waals surface area contributed by atoms with Crippen LogP contribution in [0.1, 0.15) is 43.9 Å². The van der Waals surface area contributed by atoms with E-state index in [0.29, 0.717) is 19.1 Å². The molecular formula is C20H25FN4OS. The number of rotatable bonds is 7. The summed E-state index contributed by atoms with van der Waals surface area (Å²) in [5.41, 5.74) is 2.61. The largest absolute Gasteiger partial charge is 0.371 e. The minimum atomic E-state index is -0.164. The molecule has 2 aliphatic rings. The van der Waals surface area contributed by atoms with Gasteiger partial charge >= 0.3 is 0 Å². The molecule has 2 fully saturated rings. The van der Waals surface area contributed by atoms with Crippen LogP contribution in [-0.2, 0) is 17.9 Å². The zero-order valence-corrected chi connectivity index (χ0v) is 16.4. The Morgan fingerprint density at radius 2 is 2.11 bits per heavy atom. The van der Waals surface area contributed by atoms with Gasteiger partial charge in [-0.05, 0) is 37.8 Å². The fourth-order valence-electron chi connectivity index (χ4n) is 3.66. The number of anilines is 2. The highest BCUT2D eigenvalue weighted by Crippen LogP contribution is 2.33. The first-order valence-electron chi connectivity index (χ1n) is 9.61. The molecule has 2 aromatic rings. The summed E-state index contributed by atoms with van der Waals surface area (Å²) in [7, 11) is 0. The molecule has 0 radical (unpaired) electrons. The monoisotopic (exact) mass is 388 g/mol. The second-order valence-corrected chi connectivity index (χ2v) is 8.11. The highest BCUT2D eigenvalue weighted by Gasteiger charge is 2.33. The van der Waals surface area contributed by atoms with Crippen LogP contribution in [0.3, 0.4) is 0 Å². The molecule has 0 atom stereocenters. The Kier molecular flexibility index (Phi) is 5.41. The summed E-state index contributed by atoms with van der Waals surface area (Å²) >= 11 is 1.50. The van der Waals surface area contributed by atoms with Crippen molar-refractivity contribution in [3.63, 3.8) is 0 Å². The average Bonchev–Trinajstić information content (AvgIpc) is 3.13. The van der Waals surface area contributed by atoms with E-state index in [2.05, 4.69) is 15.2 Å². The Labute approximate surface area is 163 Å². The second-order valence-electron chi connectivity index (χ2n) is 7.28. The van der Waals surface area contributed by atoms with Crippen LogP contribution in [0.2, 0.25) is 0 Å². The summed E-state index contributed by atoms with van der Waals surface area (Å²) < 4.78 is 14.4. The number of thiazole rings is 1. The van der Waals surface area contributed by atoms with Crippen molar-refractivity contribution in [3.05, 3.63) is 40.7 Å². The van der Waals surface area contributed by atoms with Gasteiger partial charge in [0.25, 0.3) is 0 Å². The van der Waals surface area contributed by atoms with Crippen LogP contribution < -0.4 is 15.1 Å². The Hall–Kier alpha value is -1.99. The van der Waals surface area contributed by atoms with Crippen LogP contribution in [0, 0.1) is 5.82 Å². The number of aromatic nitrogens is 1. The molecule has 1 aromatic heterocycles. The fraction of sp³-hybridized carbons (Fsp3) is 0.500. The third-order valence-corrected chi connectivity index (χ3v) is 6.03. The molecule has 1 aliphatic heterocycles. The van der Waals surface area contributed by atoms with Crippen molar-refractivity contribution >= 4 is 28.1 Å². The molecule has 27 heavy (non-hydrogen) atoms. The summed E-state index contributed by atoms with van der Waals surface area (Å²) in [5, 5.41) is 6.07. The smallest absolute Gasteiger partial charge is 0.225 e. The highest BCUT2D eigenvalue weighted by atomic mass is 32.1. The standard InChI is InChI=1S/C20H25FN4OS/c1-14(26)25(16-7-8-16)20-23-15(13-27-20)11-22-12-17-18(21)5-4-6-19(17)24-9-2-3-10-24/h4-6,13,16,22H,2-3,7-12H2,1H3. The van der Waals surface area contributed by atoms with Crippen LogP contribution in [0.5, 0.6) is 0 Å². The van der Waals surface area contributed by atoms with Gasteiger partial charge in [0.15, 0.2) is 5.13 Å². The highest BCUT2D eigenvalue weighted by molar-refractivity contribution is 7.14. The fourth-order valence-corrected chi connectivity index (χ4v) is 4.60. The van der Waals surface area contributed by atoms with E-state index in [1.54, 1.807) is 17.9 Å². The zero-order valence-electron chi connectivity index (χ0n) is 15.6. The Bertz CT molecular complexity index is 814. The normalized spacial score (nSPS) is 16.7. The Balaban J connectivity index is 1.40. The van der Waals surface area contributed by atoms with Crippen LogP contribution in [-0.4, -0.2) is 30.0 Å². The van der Waals surface area contributed by atoms with Crippen molar-refractivity contribution in [2.45, 2.75) is 51.7 Å². The second kappa shape index (κ2) is 7.94. The number of nitrogens with zero attached hydrogens (tertiary/aromatic N) is 3. The van der Waals surface area contributed by atoms with E-state index in [0.717, 1.165) is 48.0 Å². The van der Waals surface area contributed by atoms with Crippen molar-refractivity contribution in [1.29, 1.82) is 0 Å². The van der Waals surface area contributed by atoms with Gasteiger partial charge in [0, 0.05) is 55.8 Å². The van der Waals surface area contributed by atoms with Gasteiger partial charge < -0.3 is 10.2 Å². The predicted octanol–water partition coefficient (Wildman–Crippen LogP) is 3.69. The maximum absolute atomic E-state index is 14.4. The molecule has 1 aliphatic carbocycles. The summed E-state index contributed by atoms with van der Waals surface area (Å²) in [6.07, 6.45) is 4.44. The molecule has 1 amide bonds. The van der Waals surface area contributed by atoms with E-state index >= 15 is 0 Å². The Morgan fingerprint density at radius 3 is 2.81 bits per heavy atom. The first-order valence-corrected chi connectivity index (χ1v) is 10.5. The number of halogens is 1. The molecule has 2 heterocycles. The number of amides is 1. The first kappa shape index (κ1) is 18.4. The van der Waals surface area contributed by atoms with Gasteiger partial charge in [-0.2, -0.15) is 0 Å². The van der Waals surface area contributed by atoms with E-state index in [1.165, 1.54) is 30.2 Å². The van der Waals surface area contributed by atoms with E-state index in [9.17, 15) is 9.18 Å². The lowest BCUT2D eigenvalue weighted by molar-refractivity contribution is -0.116. The number of carbonyl (C=O) groups excluding carboxylic acids is 1. The van der Waals surface area contributed by atoms with Crippen LogP contribution >= 0.6 is 11.3 Å². The summed E-state index contributed by atoms with van der Waals surface area (Å²) in [4.78, 5) is 20.5. The molecule has 1 N–H and O–H groups in total. The van der Waals surface area contributed by atoms with Gasteiger partial charge in [-0.3, -0.25) is 9.69 Å².